The van der Waals surface area contributed by atoms with Crippen LogP contribution in [0.3, 0.4) is 0 Å². The molecule has 1 aromatic carbocycles. The molecule has 0 aliphatic heterocycles. The summed E-state index contributed by atoms with van der Waals surface area (Å²) in [6.07, 6.45) is 3.88. The van der Waals surface area contributed by atoms with Crippen molar-refractivity contribution in [2.75, 3.05) is 11.1 Å². The highest BCUT2D eigenvalue weighted by Crippen LogP contribution is 2.36. The van der Waals surface area contributed by atoms with Crippen LogP contribution in [-0.4, -0.2) is 27.0 Å². The van der Waals surface area contributed by atoms with Crippen LogP contribution < -0.4 is 10.9 Å². The number of thioether (sulfide) groups is 1. The fourth-order valence-electron chi connectivity index (χ4n) is 2.28. The van der Waals surface area contributed by atoms with Gasteiger partial charge < -0.3 is 9.88 Å². The third-order valence-electron chi connectivity index (χ3n) is 3.63. The Balaban J connectivity index is 1.64. The van der Waals surface area contributed by atoms with Crippen molar-refractivity contribution < 1.29 is 9.59 Å². The summed E-state index contributed by atoms with van der Waals surface area (Å²) < 4.78 is 1.95. The smallest absolute Gasteiger partial charge is 0.273 e. The van der Waals surface area contributed by atoms with Crippen molar-refractivity contribution in [1.82, 2.24) is 9.55 Å². The number of benzene rings is 1. The molecule has 1 aliphatic carbocycles. The lowest BCUT2D eigenvalue weighted by Gasteiger charge is -2.10. The quantitative estimate of drug-likeness (QED) is 0.495. The van der Waals surface area contributed by atoms with Crippen LogP contribution in [0.15, 0.2) is 46.5 Å². The molecule has 0 spiro atoms. The SMILES string of the molecule is CC(=O)c1cccc(NC(=O)CSc2nc(=O)ccn2C2CC2)c1. The van der Waals surface area contributed by atoms with Gasteiger partial charge in [0.1, 0.15) is 0 Å². The Hall–Kier alpha value is -2.41. The van der Waals surface area contributed by atoms with Gasteiger partial charge >= 0.3 is 0 Å². The molecule has 0 atom stereocenters. The zero-order chi connectivity index (χ0) is 17.1. The molecule has 1 aliphatic rings. The van der Waals surface area contributed by atoms with E-state index in [9.17, 15) is 14.4 Å². The van der Waals surface area contributed by atoms with E-state index in [0.29, 0.717) is 22.4 Å². The molecule has 24 heavy (non-hydrogen) atoms. The molecule has 0 unspecified atom stereocenters. The summed E-state index contributed by atoms with van der Waals surface area (Å²) in [4.78, 5) is 38.9. The fourth-order valence-corrected chi connectivity index (χ4v) is 3.12. The van der Waals surface area contributed by atoms with Crippen LogP contribution in [0.4, 0.5) is 5.69 Å². The first kappa shape index (κ1) is 16.4. The van der Waals surface area contributed by atoms with Crippen molar-refractivity contribution in [2.24, 2.45) is 0 Å². The maximum Gasteiger partial charge on any atom is 0.273 e. The first-order chi connectivity index (χ1) is 11.5. The molecule has 0 radical (unpaired) electrons. The number of hydrogen-bond acceptors (Lipinski definition) is 5. The van der Waals surface area contributed by atoms with Crippen molar-refractivity contribution in [3.63, 3.8) is 0 Å². The monoisotopic (exact) mass is 343 g/mol. The molecule has 7 heteroatoms. The second-order valence-corrected chi connectivity index (χ2v) is 6.60. The summed E-state index contributed by atoms with van der Waals surface area (Å²) in [6, 6.07) is 8.63. The largest absolute Gasteiger partial charge is 0.325 e. The molecule has 1 amide bonds. The molecule has 3 rings (SSSR count). The van der Waals surface area contributed by atoms with E-state index in [1.54, 1.807) is 30.5 Å². The Morgan fingerprint density at radius 3 is 2.83 bits per heavy atom. The molecule has 124 valence electrons. The van der Waals surface area contributed by atoms with Gasteiger partial charge in [-0.15, -0.1) is 0 Å². The number of nitrogens with one attached hydrogen (secondary N) is 1. The van der Waals surface area contributed by atoms with E-state index in [2.05, 4.69) is 10.3 Å². The van der Waals surface area contributed by atoms with E-state index in [1.807, 2.05) is 4.57 Å². The number of amides is 1. The van der Waals surface area contributed by atoms with E-state index >= 15 is 0 Å². The molecular formula is C17H17N3O3S. The van der Waals surface area contributed by atoms with Gasteiger partial charge in [0, 0.05) is 29.6 Å². The van der Waals surface area contributed by atoms with Gasteiger partial charge in [-0.2, -0.15) is 4.98 Å². The highest BCUT2D eigenvalue weighted by atomic mass is 32.2. The lowest BCUT2D eigenvalue weighted by molar-refractivity contribution is -0.113. The van der Waals surface area contributed by atoms with Gasteiger partial charge in [-0.3, -0.25) is 14.4 Å². The van der Waals surface area contributed by atoms with Crippen molar-refractivity contribution in [2.45, 2.75) is 31.0 Å². The number of carbonyl (C=O) groups is 2. The summed E-state index contributed by atoms with van der Waals surface area (Å²) in [5.74, 6) is -0.114. The molecule has 1 aromatic heterocycles. The average molecular weight is 343 g/mol. The van der Waals surface area contributed by atoms with Gasteiger partial charge in [-0.05, 0) is 31.9 Å². The zero-order valence-electron chi connectivity index (χ0n) is 13.2. The molecular weight excluding hydrogens is 326 g/mol. The van der Waals surface area contributed by atoms with Gasteiger partial charge in [0.25, 0.3) is 5.56 Å². The van der Waals surface area contributed by atoms with Gasteiger partial charge in [0.15, 0.2) is 10.9 Å². The van der Waals surface area contributed by atoms with Crippen molar-refractivity contribution in [1.29, 1.82) is 0 Å². The lowest BCUT2D eigenvalue weighted by Crippen LogP contribution is -2.17. The highest BCUT2D eigenvalue weighted by Gasteiger charge is 2.25. The Morgan fingerprint density at radius 2 is 2.12 bits per heavy atom. The first-order valence-electron chi connectivity index (χ1n) is 7.66. The molecule has 6 nitrogen and oxygen atoms in total. The number of ketones is 1. The summed E-state index contributed by atoms with van der Waals surface area (Å²) in [5, 5.41) is 3.33. The Kier molecular flexibility index (Phi) is 4.80. The fraction of sp³-hybridized carbons (Fsp3) is 0.294. The number of nitrogens with zero attached hydrogens (tertiary/aromatic N) is 2. The van der Waals surface area contributed by atoms with Gasteiger partial charge in [-0.1, -0.05) is 23.9 Å². The Bertz CT molecular complexity index is 843. The topological polar surface area (TPSA) is 81.1 Å². The van der Waals surface area contributed by atoms with Gasteiger partial charge in [0.2, 0.25) is 5.91 Å². The summed E-state index contributed by atoms with van der Waals surface area (Å²) >= 11 is 1.24. The van der Waals surface area contributed by atoms with Crippen molar-refractivity contribution >= 4 is 29.1 Å². The zero-order valence-corrected chi connectivity index (χ0v) is 14.0. The second-order valence-electron chi connectivity index (χ2n) is 5.66. The third kappa shape index (κ3) is 4.11. The second kappa shape index (κ2) is 7.00. The number of aromatic nitrogens is 2. The number of Topliss-reactive ketones (excluding diaryl/α,β-unsaturated/α-hetero) is 1. The molecule has 2 aromatic rings. The van der Waals surface area contributed by atoms with E-state index in [-0.39, 0.29) is 23.0 Å². The minimum atomic E-state index is -0.302. The predicted octanol–water partition coefficient (Wildman–Crippen LogP) is 2.51. The van der Waals surface area contributed by atoms with E-state index in [0.717, 1.165) is 12.8 Å². The normalized spacial score (nSPS) is 13.5. The van der Waals surface area contributed by atoms with Crippen LogP contribution in [0.25, 0.3) is 0 Å². The number of carbonyl (C=O) groups excluding carboxylic acids is 2. The van der Waals surface area contributed by atoms with Crippen LogP contribution in [-0.2, 0) is 4.79 Å². The average Bonchev–Trinajstić information content (AvgIpc) is 3.38. The maximum absolute atomic E-state index is 12.1. The van der Waals surface area contributed by atoms with Gasteiger partial charge in [-0.25, -0.2) is 0 Å². The molecule has 1 N–H and O–H groups in total. The Morgan fingerprint density at radius 1 is 1.33 bits per heavy atom. The Labute approximate surface area is 143 Å². The number of rotatable bonds is 6. The molecule has 1 fully saturated rings. The number of anilines is 1. The van der Waals surface area contributed by atoms with Gasteiger partial charge in [0.05, 0.1) is 5.75 Å². The van der Waals surface area contributed by atoms with Crippen LogP contribution in [0.1, 0.15) is 36.2 Å². The summed E-state index contributed by atoms with van der Waals surface area (Å²) in [5.41, 5.74) is 0.825. The molecule has 0 saturated heterocycles. The molecule has 1 saturated carbocycles. The highest BCUT2D eigenvalue weighted by molar-refractivity contribution is 7.99. The van der Waals surface area contributed by atoms with E-state index < -0.39 is 0 Å². The minimum absolute atomic E-state index is 0.0533. The standard InChI is InChI=1S/C17H17N3O3S/c1-11(21)12-3-2-4-13(9-12)18-16(23)10-24-17-19-15(22)7-8-20(17)14-5-6-14/h2-4,7-9,14H,5-6,10H2,1H3,(H,18,23). The van der Waals surface area contributed by atoms with Crippen LogP contribution >= 0.6 is 11.8 Å². The first-order valence-corrected chi connectivity index (χ1v) is 8.64. The van der Waals surface area contributed by atoms with E-state index in [1.165, 1.54) is 24.8 Å². The third-order valence-corrected chi connectivity index (χ3v) is 4.60. The maximum atomic E-state index is 12.1. The predicted molar refractivity (Wildman–Crippen MR) is 92.6 cm³/mol. The molecule has 1 heterocycles. The lowest BCUT2D eigenvalue weighted by atomic mass is 10.1. The van der Waals surface area contributed by atoms with Crippen molar-refractivity contribution in [3.05, 3.63) is 52.4 Å². The number of hydrogen-bond donors (Lipinski definition) is 1. The summed E-state index contributed by atoms with van der Waals surface area (Å²) in [7, 11) is 0. The van der Waals surface area contributed by atoms with E-state index in [4.69, 9.17) is 0 Å². The molecule has 0 bridgehead atoms. The minimum Gasteiger partial charge on any atom is -0.325 e. The summed E-state index contributed by atoms with van der Waals surface area (Å²) in [6.45, 7) is 1.48. The van der Waals surface area contributed by atoms with Crippen LogP contribution in [0.2, 0.25) is 0 Å². The van der Waals surface area contributed by atoms with Crippen LogP contribution in [0, 0.1) is 0 Å². The van der Waals surface area contributed by atoms with Crippen LogP contribution in [0.5, 0.6) is 0 Å². The van der Waals surface area contributed by atoms with Crippen molar-refractivity contribution in [3.8, 4) is 0 Å².